The van der Waals surface area contributed by atoms with Gasteiger partial charge < -0.3 is 0 Å². The number of rotatable bonds is 5. The van der Waals surface area contributed by atoms with E-state index in [0.717, 1.165) is 13.1 Å². The van der Waals surface area contributed by atoms with Gasteiger partial charge in [0.05, 0.1) is 6.54 Å². The second-order valence-corrected chi connectivity index (χ2v) is 6.63. The molecule has 1 heteroatoms. The Morgan fingerprint density at radius 3 is 1.88 bits per heavy atom. The molecule has 0 N–H and O–H groups in total. The van der Waals surface area contributed by atoms with E-state index < -0.39 is 0 Å². The number of fused-ring (bicyclic) bond motifs is 2. The average molecular weight is 335 g/mol. The molecule has 4 aromatic carbocycles. The van der Waals surface area contributed by atoms with Crippen molar-refractivity contribution in [2.75, 3.05) is 6.54 Å². The fourth-order valence-electron chi connectivity index (χ4n) is 3.64. The molecule has 0 spiro atoms. The first-order chi connectivity index (χ1) is 12.8. The molecule has 0 aliphatic rings. The lowest BCUT2D eigenvalue weighted by Gasteiger charge is -2.22. The molecule has 126 valence electrons. The maximum absolute atomic E-state index is 5.67. The second kappa shape index (κ2) is 7.44. The molecular weight excluding hydrogens is 314 g/mol. The lowest BCUT2D eigenvalue weighted by molar-refractivity contribution is 0.293. The van der Waals surface area contributed by atoms with Crippen LogP contribution in [0, 0.1) is 12.3 Å². The summed E-state index contributed by atoms with van der Waals surface area (Å²) >= 11 is 0. The van der Waals surface area contributed by atoms with E-state index in [1.165, 1.54) is 32.7 Å². The molecular formula is C25H21N. The first-order valence-electron chi connectivity index (χ1n) is 8.94. The summed E-state index contributed by atoms with van der Waals surface area (Å²) in [5.74, 6) is 2.83. The third kappa shape index (κ3) is 3.33. The largest absolute Gasteiger partial charge is 0.284 e. The molecule has 0 amide bonds. The molecule has 4 rings (SSSR count). The molecule has 0 radical (unpaired) electrons. The minimum atomic E-state index is 0.631. The summed E-state index contributed by atoms with van der Waals surface area (Å²) in [4.78, 5) is 2.34. The summed E-state index contributed by atoms with van der Waals surface area (Å²) in [5.41, 5.74) is 2.64. The van der Waals surface area contributed by atoms with Crippen molar-refractivity contribution in [3.05, 3.63) is 96.1 Å². The average Bonchev–Trinajstić information content (AvgIpc) is 2.69. The van der Waals surface area contributed by atoms with Crippen LogP contribution < -0.4 is 0 Å². The van der Waals surface area contributed by atoms with Crippen molar-refractivity contribution in [1.82, 2.24) is 4.90 Å². The summed E-state index contributed by atoms with van der Waals surface area (Å²) in [6.45, 7) is 2.32. The Labute approximate surface area is 154 Å². The highest BCUT2D eigenvalue weighted by Crippen LogP contribution is 2.29. The molecule has 26 heavy (non-hydrogen) atoms. The lowest BCUT2D eigenvalue weighted by atomic mass is 9.96. The Morgan fingerprint density at radius 1 is 0.692 bits per heavy atom. The predicted molar refractivity (Wildman–Crippen MR) is 111 cm³/mol. The van der Waals surface area contributed by atoms with Crippen LogP contribution in [0.15, 0.2) is 84.9 Å². The van der Waals surface area contributed by atoms with Crippen molar-refractivity contribution < 1.29 is 0 Å². The number of benzene rings is 4. The highest BCUT2D eigenvalue weighted by Gasteiger charge is 2.12. The zero-order chi connectivity index (χ0) is 17.8. The minimum Gasteiger partial charge on any atom is -0.284 e. The Balaban J connectivity index is 1.79. The van der Waals surface area contributed by atoms with E-state index in [0.29, 0.717) is 6.54 Å². The monoisotopic (exact) mass is 335 g/mol. The molecule has 0 fully saturated rings. The number of hydrogen-bond acceptors (Lipinski definition) is 1. The van der Waals surface area contributed by atoms with Crippen LogP contribution in [0.25, 0.3) is 21.5 Å². The highest BCUT2D eigenvalue weighted by atomic mass is 15.1. The fraction of sp³-hybridized carbons (Fsp3) is 0.120. The van der Waals surface area contributed by atoms with E-state index in [1.54, 1.807) is 0 Å². The summed E-state index contributed by atoms with van der Waals surface area (Å²) in [7, 11) is 0. The quantitative estimate of drug-likeness (QED) is 0.337. The molecule has 0 saturated heterocycles. The van der Waals surface area contributed by atoms with Crippen LogP contribution in [-0.4, -0.2) is 11.4 Å². The van der Waals surface area contributed by atoms with Gasteiger partial charge in [0.15, 0.2) is 0 Å². The van der Waals surface area contributed by atoms with Crippen LogP contribution in [0.1, 0.15) is 11.1 Å². The van der Waals surface area contributed by atoms with Gasteiger partial charge in [-0.2, -0.15) is 0 Å². The van der Waals surface area contributed by atoms with Crippen molar-refractivity contribution in [3.63, 3.8) is 0 Å². The number of hydrogen-bond donors (Lipinski definition) is 0. The standard InChI is InChI=1S/C25H21N/c1-2-16-26(18-20-10-4-3-5-11-20)19-25-23-14-8-6-12-21(23)17-22-13-7-9-15-24(22)25/h1,3-15,17H,16,18-19H2. The van der Waals surface area contributed by atoms with Gasteiger partial charge in [-0.25, -0.2) is 0 Å². The van der Waals surface area contributed by atoms with Gasteiger partial charge in [-0.15, -0.1) is 6.42 Å². The van der Waals surface area contributed by atoms with Crippen LogP contribution in [-0.2, 0) is 13.1 Å². The van der Waals surface area contributed by atoms with Crippen LogP contribution in [0.5, 0.6) is 0 Å². The van der Waals surface area contributed by atoms with E-state index in [-0.39, 0.29) is 0 Å². The molecule has 4 aromatic rings. The van der Waals surface area contributed by atoms with Gasteiger partial charge in [-0.1, -0.05) is 84.8 Å². The highest BCUT2D eigenvalue weighted by molar-refractivity contribution is 6.02. The Morgan fingerprint density at radius 2 is 1.27 bits per heavy atom. The van der Waals surface area contributed by atoms with E-state index >= 15 is 0 Å². The van der Waals surface area contributed by atoms with Gasteiger partial charge in [0.2, 0.25) is 0 Å². The fourth-order valence-corrected chi connectivity index (χ4v) is 3.64. The summed E-state index contributed by atoms with van der Waals surface area (Å²) in [6.07, 6.45) is 5.67. The molecule has 0 aliphatic heterocycles. The molecule has 1 nitrogen and oxygen atoms in total. The van der Waals surface area contributed by atoms with Crippen molar-refractivity contribution in [2.45, 2.75) is 13.1 Å². The van der Waals surface area contributed by atoms with E-state index in [1.807, 2.05) is 6.07 Å². The maximum Gasteiger partial charge on any atom is 0.0605 e. The first-order valence-corrected chi connectivity index (χ1v) is 8.94. The smallest absolute Gasteiger partial charge is 0.0605 e. The number of nitrogens with zero attached hydrogens (tertiary/aromatic N) is 1. The first kappa shape index (κ1) is 16.4. The molecule has 0 bridgehead atoms. The normalized spacial score (nSPS) is 11.1. The van der Waals surface area contributed by atoms with Gasteiger partial charge in [-0.05, 0) is 38.7 Å². The lowest BCUT2D eigenvalue weighted by Crippen LogP contribution is -2.23. The molecule has 0 aromatic heterocycles. The van der Waals surface area contributed by atoms with Crippen molar-refractivity contribution in [2.24, 2.45) is 0 Å². The van der Waals surface area contributed by atoms with E-state index in [2.05, 4.69) is 89.7 Å². The van der Waals surface area contributed by atoms with Gasteiger partial charge in [0.1, 0.15) is 0 Å². The molecule has 0 saturated carbocycles. The van der Waals surface area contributed by atoms with Crippen molar-refractivity contribution >= 4 is 21.5 Å². The molecule has 0 atom stereocenters. The Kier molecular flexibility index (Phi) is 4.69. The maximum atomic E-state index is 5.67. The number of terminal acetylenes is 1. The third-order valence-corrected chi connectivity index (χ3v) is 4.83. The Hall–Kier alpha value is -3.08. The zero-order valence-electron chi connectivity index (χ0n) is 14.7. The van der Waals surface area contributed by atoms with E-state index in [9.17, 15) is 0 Å². The third-order valence-electron chi connectivity index (χ3n) is 4.83. The second-order valence-electron chi connectivity index (χ2n) is 6.63. The molecule has 0 heterocycles. The summed E-state index contributed by atoms with van der Waals surface area (Å²) in [6, 6.07) is 30.0. The van der Waals surface area contributed by atoms with Crippen LogP contribution in [0.2, 0.25) is 0 Å². The van der Waals surface area contributed by atoms with Gasteiger partial charge >= 0.3 is 0 Å². The summed E-state index contributed by atoms with van der Waals surface area (Å²) in [5, 5.41) is 5.17. The molecule has 0 unspecified atom stereocenters. The molecule has 0 aliphatic carbocycles. The van der Waals surface area contributed by atoms with E-state index in [4.69, 9.17) is 6.42 Å². The van der Waals surface area contributed by atoms with Crippen LogP contribution in [0.4, 0.5) is 0 Å². The Bertz CT molecular complexity index is 1020. The SMILES string of the molecule is C#CCN(Cc1ccccc1)Cc1c2ccccc2cc2ccccc12. The zero-order valence-corrected chi connectivity index (χ0v) is 14.7. The van der Waals surface area contributed by atoms with Gasteiger partial charge in [0, 0.05) is 13.1 Å². The predicted octanol–water partition coefficient (Wildman–Crippen LogP) is 5.63. The van der Waals surface area contributed by atoms with Crippen molar-refractivity contribution in [3.8, 4) is 12.3 Å². The van der Waals surface area contributed by atoms with Gasteiger partial charge in [-0.3, -0.25) is 4.90 Å². The van der Waals surface area contributed by atoms with Crippen molar-refractivity contribution in [1.29, 1.82) is 0 Å². The topological polar surface area (TPSA) is 3.24 Å². The minimum absolute atomic E-state index is 0.631. The van der Waals surface area contributed by atoms with Gasteiger partial charge in [0.25, 0.3) is 0 Å². The van der Waals surface area contributed by atoms with Crippen LogP contribution in [0.3, 0.4) is 0 Å². The summed E-state index contributed by atoms with van der Waals surface area (Å²) < 4.78 is 0. The van der Waals surface area contributed by atoms with Crippen LogP contribution >= 0.6 is 0 Å².